The Morgan fingerprint density at radius 1 is 1.25 bits per heavy atom. The molecular formula is C8H11NO2S. The van der Waals surface area contributed by atoms with Gasteiger partial charge in [0.15, 0.2) is 0 Å². The van der Waals surface area contributed by atoms with Gasteiger partial charge in [0.1, 0.15) is 5.75 Å². The van der Waals surface area contributed by atoms with Gasteiger partial charge in [0.2, 0.25) is 0 Å². The number of nitrogens with zero attached hydrogens (tertiary/aromatic N) is 1. The third-order valence-electron chi connectivity index (χ3n) is 1.17. The summed E-state index contributed by atoms with van der Waals surface area (Å²) in [6.07, 6.45) is 3.14. The summed E-state index contributed by atoms with van der Waals surface area (Å²) in [5.74, 6) is 0.188. The molecule has 1 N–H and O–H groups in total. The van der Waals surface area contributed by atoms with Crippen molar-refractivity contribution < 1.29 is 9.32 Å². The number of hydrogen-bond donors (Lipinski definition) is 1. The molecule has 1 aromatic carbocycles. The second kappa shape index (κ2) is 3.15. The molecule has 0 saturated carbocycles. The van der Waals surface area contributed by atoms with Crippen LogP contribution in [0.4, 0.5) is 5.69 Å². The van der Waals surface area contributed by atoms with Gasteiger partial charge in [-0.3, -0.25) is 0 Å². The molecular weight excluding hydrogens is 174 g/mol. The lowest BCUT2D eigenvalue weighted by atomic mass is 10.3. The zero-order valence-corrected chi connectivity index (χ0v) is 7.84. The second-order valence-corrected chi connectivity index (χ2v) is 5.33. The van der Waals surface area contributed by atoms with Gasteiger partial charge >= 0.3 is 0 Å². The van der Waals surface area contributed by atoms with E-state index in [0.717, 1.165) is 0 Å². The lowest BCUT2D eigenvalue weighted by Crippen LogP contribution is -1.88. The quantitative estimate of drug-likeness (QED) is 0.724. The Balaban J connectivity index is 3.08. The van der Waals surface area contributed by atoms with Gasteiger partial charge < -0.3 is 5.11 Å². The third kappa shape index (κ3) is 2.92. The standard InChI is InChI=1S/C8H11NO2S/c1-12(2,11)9-7-3-5-8(10)6-4-7/h3-6,10H,1-2H3. The summed E-state index contributed by atoms with van der Waals surface area (Å²) in [6, 6.07) is 6.29. The summed E-state index contributed by atoms with van der Waals surface area (Å²) in [7, 11) is -2.10. The van der Waals surface area contributed by atoms with Crippen molar-refractivity contribution in [3.8, 4) is 5.75 Å². The van der Waals surface area contributed by atoms with Crippen LogP contribution in [0.1, 0.15) is 0 Å². The van der Waals surface area contributed by atoms with Crippen LogP contribution in [0, 0.1) is 0 Å². The van der Waals surface area contributed by atoms with Gasteiger partial charge in [-0.1, -0.05) is 0 Å². The molecule has 0 unspecified atom stereocenters. The molecule has 4 heteroatoms. The highest BCUT2D eigenvalue weighted by Crippen LogP contribution is 2.17. The van der Waals surface area contributed by atoms with E-state index in [1.807, 2.05) is 0 Å². The predicted molar refractivity (Wildman–Crippen MR) is 50.2 cm³/mol. The van der Waals surface area contributed by atoms with Crippen LogP contribution in [0.3, 0.4) is 0 Å². The van der Waals surface area contributed by atoms with Gasteiger partial charge in [-0.25, -0.2) is 4.21 Å². The zero-order chi connectivity index (χ0) is 9.19. The molecule has 0 aromatic heterocycles. The van der Waals surface area contributed by atoms with Gasteiger partial charge in [0, 0.05) is 22.2 Å². The first-order valence-electron chi connectivity index (χ1n) is 3.43. The first kappa shape index (κ1) is 9.06. The largest absolute Gasteiger partial charge is 0.508 e. The molecule has 12 heavy (non-hydrogen) atoms. The van der Waals surface area contributed by atoms with Crippen LogP contribution in [-0.4, -0.2) is 21.8 Å². The summed E-state index contributed by atoms with van der Waals surface area (Å²) in [4.78, 5) is 0. The van der Waals surface area contributed by atoms with Crippen molar-refractivity contribution in [2.75, 3.05) is 12.5 Å². The van der Waals surface area contributed by atoms with Gasteiger partial charge in [-0.2, -0.15) is 4.36 Å². The molecule has 0 aliphatic carbocycles. The van der Waals surface area contributed by atoms with Crippen LogP contribution < -0.4 is 0 Å². The topological polar surface area (TPSA) is 49.7 Å². The molecule has 0 amide bonds. The van der Waals surface area contributed by atoms with Crippen molar-refractivity contribution in [3.63, 3.8) is 0 Å². The molecule has 0 saturated heterocycles. The van der Waals surface area contributed by atoms with E-state index in [-0.39, 0.29) is 5.75 Å². The maximum absolute atomic E-state index is 11.2. The molecule has 0 bridgehead atoms. The van der Waals surface area contributed by atoms with Crippen molar-refractivity contribution >= 4 is 15.4 Å². The average molecular weight is 185 g/mol. The van der Waals surface area contributed by atoms with E-state index in [1.165, 1.54) is 12.1 Å². The molecule has 0 aliphatic heterocycles. The SMILES string of the molecule is CS(C)(=O)=Nc1ccc(O)cc1. The summed E-state index contributed by atoms with van der Waals surface area (Å²) >= 11 is 0. The number of phenols is 1. The van der Waals surface area contributed by atoms with Crippen LogP contribution in [0.15, 0.2) is 28.6 Å². The molecule has 0 spiro atoms. The van der Waals surface area contributed by atoms with Crippen LogP contribution in [-0.2, 0) is 9.73 Å². The van der Waals surface area contributed by atoms with Crippen LogP contribution >= 0.6 is 0 Å². The summed E-state index contributed by atoms with van der Waals surface area (Å²) in [5, 5.41) is 8.94. The van der Waals surface area contributed by atoms with E-state index in [1.54, 1.807) is 24.6 Å². The maximum Gasteiger partial charge on any atom is 0.115 e. The first-order valence-corrected chi connectivity index (χ1v) is 5.77. The Kier molecular flexibility index (Phi) is 2.38. The van der Waals surface area contributed by atoms with E-state index >= 15 is 0 Å². The van der Waals surface area contributed by atoms with Crippen LogP contribution in [0.25, 0.3) is 0 Å². The molecule has 3 nitrogen and oxygen atoms in total. The highest BCUT2D eigenvalue weighted by atomic mass is 32.2. The monoisotopic (exact) mass is 185 g/mol. The van der Waals surface area contributed by atoms with Crippen molar-refractivity contribution in [1.82, 2.24) is 0 Å². The highest BCUT2D eigenvalue weighted by molar-refractivity contribution is 7.92. The molecule has 0 aliphatic rings. The molecule has 0 heterocycles. The summed E-state index contributed by atoms with van der Waals surface area (Å²) < 4.78 is 15.2. The minimum atomic E-state index is -2.10. The Morgan fingerprint density at radius 3 is 2.17 bits per heavy atom. The van der Waals surface area contributed by atoms with Crippen molar-refractivity contribution in [1.29, 1.82) is 0 Å². The highest BCUT2D eigenvalue weighted by Gasteiger charge is 1.92. The van der Waals surface area contributed by atoms with Gasteiger partial charge in [-0.05, 0) is 24.3 Å². The second-order valence-electron chi connectivity index (χ2n) is 2.79. The molecule has 0 radical (unpaired) electrons. The third-order valence-corrected chi connectivity index (χ3v) is 1.83. The van der Waals surface area contributed by atoms with Gasteiger partial charge in [-0.15, -0.1) is 0 Å². The molecule has 1 aromatic rings. The number of hydrogen-bond acceptors (Lipinski definition) is 3. The number of aromatic hydroxyl groups is 1. The van der Waals surface area contributed by atoms with Gasteiger partial charge in [0.05, 0.1) is 5.69 Å². The normalized spacial score (nSPS) is 11.2. The van der Waals surface area contributed by atoms with Crippen molar-refractivity contribution in [2.45, 2.75) is 0 Å². The fourth-order valence-corrected chi connectivity index (χ4v) is 1.40. The molecule has 66 valence electrons. The predicted octanol–water partition coefficient (Wildman–Crippen LogP) is 1.75. The maximum atomic E-state index is 11.2. The molecule has 0 atom stereocenters. The number of rotatable bonds is 1. The Bertz CT molecular complexity index is 367. The molecule has 1 rings (SSSR count). The van der Waals surface area contributed by atoms with E-state index in [0.29, 0.717) is 5.69 Å². The Hall–Kier alpha value is -1.03. The number of phenolic OH excluding ortho intramolecular Hbond substituents is 1. The lowest BCUT2D eigenvalue weighted by Gasteiger charge is -1.96. The fraction of sp³-hybridized carbons (Fsp3) is 0.250. The number of benzene rings is 1. The first-order chi connectivity index (χ1) is 5.47. The van der Waals surface area contributed by atoms with Gasteiger partial charge in [0.25, 0.3) is 0 Å². The Morgan fingerprint density at radius 2 is 1.75 bits per heavy atom. The Labute approximate surface area is 72.2 Å². The van der Waals surface area contributed by atoms with Crippen molar-refractivity contribution in [3.05, 3.63) is 24.3 Å². The van der Waals surface area contributed by atoms with E-state index in [2.05, 4.69) is 4.36 Å². The smallest absolute Gasteiger partial charge is 0.115 e. The van der Waals surface area contributed by atoms with Crippen LogP contribution in [0.2, 0.25) is 0 Å². The minimum Gasteiger partial charge on any atom is -0.508 e. The van der Waals surface area contributed by atoms with Crippen molar-refractivity contribution in [2.24, 2.45) is 4.36 Å². The van der Waals surface area contributed by atoms with E-state index < -0.39 is 9.73 Å². The average Bonchev–Trinajstić information content (AvgIpc) is 1.91. The fourth-order valence-electron chi connectivity index (χ4n) is 0.767. The lowest BCUT2D eigenvalue weighted by molar-refractivity contribution is 0.475. The molecule has 0 fully saturated rings. The summed E-state index contributed by atoms with van der Waals surface area (Å²) in [6.45, 7) is 0. The summed E-state index contributed by atoms with van der Waals surface area (Å²) in [5.41, 5.74) is 0.628. The minimum absolute atomic E-state index is 0.188. The van der Waals surface area contributed by atoms with E-state index in [4.69, 9.17) is 5.11 Å². The van der Waals surface area contributed by atoms with E-state index in [9.17, 15) is 4.21 Å². The van der Waals surface area contributed by atoms with Crippen LogP contribution in [0.5, 0.6) is 5.75 Å². The zero-order valence-electron chi connectivity index (χ0n) is 7.02.